The number of halogens is 3. The van der Waals surface area contributed by atoms with Crippen LogP contribution in [-0.4, -0.2) is 34.5 Å². The van der Waals surface area contributed by atoms with Gasteiger partial charge in [0.2, 0.25) is 5.95 Å². The van der Waals surface area contributed by atoms with Crippen LogP contribution in [0.15, 0.2) is 42.7 Å². The zero-order chi connectivity index (χ0) is 17.6. The molecule has 0 bridgehead atoms. The van der Waals surface area contributed by atoms with Crippen molar-refractivity contribution in [2.24, 2.45) is 0 Å². The maximum atomic E-state index is 12.5. The summed E-state index contributed by atoms with van der Waals surface area (Å²) in [6.07, 6.45) is -1.93. The zero-order valence-corrected chi connectivity index (χ0v) is 13.7. The van der Waals surface area contributed by atoms with Crippen LogP contribution in [-0.2, 0) is 12.7 Å². The molecule has 1 unspecified atom stereocenters. The molecule has 0 radical (unpaired) electrons. The highest BCUT2D eigenvalue weighted by molar-refractivity contribution is 5.26. The number of aromatic nitrogens is 2. The Kier molecular flexibility index (Phi) is 6.14. The molecule has 7 heteroatoms. The van der Waals surface area contributed by atoms with Gasteiger partial charge in [-0.2, -0.15) is 13.2 Å². The van der Waals surface area contributed by atoms with Crippen LogP contribution in [0.1, 0.15) is 24.5 Å². The van der Waals surface area contributed by atoms with Crippen molar-refractivity contribution in [3.63, 3.8) is 0 Å². The zero-order valence-electron chi connectivity index (χ0n) is 13.7. The lowest BCUT2D eigenvalue weighted by molar-refractivity contribution is -0.138. The Morgan fingerprint density at radius 1 is 1.12 bits per heavy atom. The molecule has 0 spiro atoms. The van der Waals surface area contributed by atoms with Crippen molar-refractivity contribution in [3.8, 4) is 0 Å². The maximum absolute atomic E-state index is 12.5. The summed E-state index contributed by atoms with van der Waals surface area (Å²) in [5, 5.41) is 3.01. The van der Waals surface area contributed by atoms with E-state index in [9.17, 15) is 13.2 Å². The molecule has 1 aromatic heterocycles. The molecular weight excluding hydrogens is 317 g/mol. The lowest BCUT2D eigenvalue weighted by Crippen LogP contribution is -2.36. The normalized spacial score (nSPS) is 13.1. The molecule has 130 valence electrons. The van der Waals surface area contributed by atoms with Gasteiger partial charge in [-0.25, -0.2) is 9.97 Å². The van der Waals surface area contributed by atoms with Crippen LogP contribution in [0.4, 0.5) is 19.1 Å². The minimum atomic E-state index is -4.42. The molecule has 24 heavy (non-hydrogen) atoms. The summed E-state index contributed by atoms with van der Waals surface area (Å²) in [5.74, 6) is 0.203. The predicted octanol–water partition coefficient (Wildman–Crippen LogP) is 3.82. The first-order valence-electron chi connectivity index (χ1n) is 7.77. The second-order valence-electron chi connectivity index (χ2n) is 5.64. The van der Waals surface area contributed by atoms with Gasteiger partial charge in [-0.05, 0) is 19.0 Å². The van der Waals surface area contributed by atoms with E-state index in [-0.39, 0.29) is 12.0 Å². The van der Waals surface area contributed by atoms with E-state index in [1.54, 1.807) is 0 Å². The van der Waals surface area contributed by atoms with Crippen LogP contribution in [0.3, 0.4) is 0 Å². The quantitative estimate of drug-likeness (QED) is 0.833. The van der Waals surface area contributed by atoms with E-state index in [1.165, 1.54) is 5.56 Å². The summed E-state index contributed by atoms with van der Waals surface area (Å²) >= 11 is 0. The molecule has 1 heterocycles. The Morgan fingerprint density at radius 2 is 1.75 bits per heavy atom. The van der Waals surface area contributed by atoms with Crippen LogP contribution in [0.25, 0.3) is 0 Å². The monoisotopic (exact) mass is 338 g/mol. The lowest BCUT2D eigenvalue weighted by Gasteiger charge is -2.27. The Hall–Kier alpha value is -2.15. The van der Waals surface area contributed by atoms with Crippen molar-refractivity contribution in [1.82, 2.24) is 14.9 Å². The predicted molar refractivity (Wildman–Crippen MR) is 87.5 cm³/mol. The fourth-order valence-corrected chi connectivity index (χ4v) is 2.39. The summed E-state index contributed by atoms with van der Waals surface area (Å²) in [6.45, 7) is 3.43. The van der Waals surface area contributed by atoms with Gasteiger partial charge >= 0.3 is 6.18 Å². The first kappa shape index (κ1) is 18.2. The molecule has 1 atom stereocenters. The summed E-state index contributed by atoms with van der Waals surface area (Å²) in [6, 6.07) is 10.3. The smallest absolute Gasteiger partial charge is 0.353 e. The van der Waals surface area contributed by atoms with Crippen molar-refractivity contribution >= 4 is 5.95 Å². The van der Waals surface area contributed by atoms with Gasteiger partial charge in [0.25, 0.3) is 0 Å². The average molecular weight is 338 g/mol. The van der Waals surface area contributed by atoms with E-state index in [4.69, 9.17) is 0 Å². The first-order chi connectivity index (χ1) is 11.4. The van der Waals surface area contributed by atoms with Gasteiger partial charge in [0.1, 0.15) is 0 Å². The second-order valence-corrected chi connectivity index (χ2v) is 5.64. The van der Waals surface area contributed by atoms with Gasteiger partial charge in [-0.15, -0.1) is 0 Å². The minimum Gasteiger partial charge on any atom is -0.353 e. The topological polar surface area (TPSA) is 41.1 Å². The molecule has 0 aliphatic heterocycles. The number of likely N-dealkylation sites (N-methyl/N-ethyl adjacent to an activating group) is 1. The van der Waals surface area contributed by atoms with Gasteiger partial charge in [0, 0.05) is 31.5 Å². The molecule has 0 aliphatic rings. The molecule has 1 aromatic carbocycles. The molecule has 1 N–H and O–H groups in total. The third-order valence-corrected chi connectivity index (χ3v) is 3.84. The number of nitrogens with zero attached hydrogens (tertiary/aromatic N) is 3. The van der Waals surface area contributed by atoms with Crippen LogP contribution in [0.2, 0.25) is 0 Å². The van der Waals surface area contributed by atoms with Crippen molar-refractivity contribution in [3.05, 3.63) is 53.9 Å². The van der Waals surface area contributed by atoms with E-state index in [2.05, 4.69) is 39.2 Å². The number of nitrogens with one attached hydrogen (secondary N) is 1. The third-order valence-electron chi connectivity index (χ3n) is 3.84. The van der Waals surface area contributed by atoms with E-state index < -0.39 is 11.7 Å². The number of hydrogen-bond acceptors (Lipinski definition) is 4. The van der Waals surface area contributed by atoms with Gasteiger partial charge < -0.3 is 5.32 Å². The van der Waals surface area contributed by atoms with Gasteiger partial charge in [0.15, 0.2) is 0 Å². The molecule has 0 fully saturated rings. The number of alkyl halides is 3. The number of hydrogen-bond donors (Lipinski definition) is 1. The largest absolute Gasteiger partial charge is 0.419 e. The van der Waals surface area contributed by atoms with E-state index >= 15 is 0 Å². The number of rotatable bonds is 7. The lowest BCUT2D eigenvalue weighted by atomic mass is 10.1. The molecule has 4 nitrogen and oxygen atoms in total. The molecule has 0 saturated carbocycles. The SMILES string of the molecule is CCC(CNc1ncc(C(F)(F)F)cn1)N(C)Cc1ccccc1. The highest BCUT2D eigenvalue weighted by Crippen LogP contribution is 2.28. The van der Waals surface area contributed by atoms with Crippen molar-refractivity contribution in [2.45, 2.75) is 32.1 Å². The number of anilines is 1. The molecule has 0 amide bonds. The Bertz CT molecular complexity index is 614. The molecule has 2 aromatic rings. The van der Waals surface area contributed by atoms with Crippen LogP contribution in [0.5, 0.6) is 0 Å². The van der Waals surface area contributed by atoms with E-state index in [1.807, 2.05) is 25.2 Å². The van der Waals surface area contributed by atoms with E-state index in [0.717, 1.165) is 25.4 Å². The third kappa shape index (κ3) is 5.19. The summed E-state index contributed by atoms with van der Waals surface area (Å²) in [4.78, 5) is 9.67. The fourth-order valence-electron chi connectivity index (χ4n) is 2.39. The molecule has 0 aliphatic carbocycles. The first-order valence-corrected chi connectivity index (χ1v) is 7.77. The molecule has 0 saturated heterocycles. The standard InChI is InChI=1S/C17H21F3N4/c1-3-15(24(2)12-13-7-5-4-6-8-13)11-23-16-21-9-14(10-22-16)17(18,19)20/h4-10,15H,3,11-12H2,1-2H3,(H,21,22,23). The molecule has 2 rings (SSSR count). The highest BCUT2D eigenvalue weighted by Gasteiger charge is 2.31. The minimum absolute atomic E-state index is 0.203. The Morgan fingerprint density at radius 3 is 2.29 bits per heavy atom. The number of benzene rings is 1. The van der Waals surface area contributed by atoms with Gasteiger partial charge in [0.05, 0.1) is 5.56 Å². The van der Waals surface area contributed by atoms with Gasteiger partial charge in [-0.1, -0.05) is 37.3 Å². The van der Waals surface area contributed by atoms with E-state index in [0.29, 0.717) is 6.54 Å². The molecular formula is C17H21F3N4. The second kappa shape index (κ2) is 8.10. The summed E-state index contributed by atoms with van der Waals surface area (Å²) in [7, 11) is 2.02. The summed E-state index contributed by atoms with van der Waals surface area (Å²) in [5.41, 5.74) is 0.366. The van der Waals surface area contributed by atoms with Crippen LogP contribution >= 0.6 is 0 Å². The van der Waals surface area contributed by atoms with Crippen molar-refractivity contribution in [1.29, 1.82) is 0 Å². The van der Waals surface area contributed by atoms with Crippen molar-refractivity contribution < 1.29 is 13.2 Å². The Labute approximate surface area is 139 Å². The van der Waals surface area contributed by atoms with Crippen LogP contribution in [0, 0.1) is 0 Å². The van der Waals surface area contributed by atoms with Crippen molar-refractivity contribution in [2.75, 3.05) is 18.9 Å². The maximum Gasteiger partial charge on any atom is 0.419 e. The van der Waals surface area contributed by atoms with Crippen LogP contribution < -0.4 is 5.32 Å². The summed E-state index contributed by atoms with van der Waals surface area (Å²) < 4.78 is 37.5. The Balaban J connectivity index is 1.91. The highest BCUT2D eigenvalue weighted by atomic mass is 19.4. The fraction of sp³-hybridized carbons (Fsp3) is 0.412. The van der Waals surface area contributed by atoms with Gasteiger partial charge in [-0.3, -0.25) is 4.90 Å². The average Bonchev–Trinajstić information content (AvgIpc) is 2.56.